The van der Waals surface area contributed by atoms with Gasteiger partial charge >= 0.3 is 0 Å². The van der Waals surface area contributed by atoms with Crippen LogP contribution < -0.4 is 0 Å². The maximum Gasteiger partial charge on any atom is 0.193 e. The van der Waals surface area contributed by atoms with E-state index in [9.17, 15) is 9.59 Å². The number of hydrogen-bond acceptors (Lipinski definition) is 5. The minimum Gasteiger partial charge on any atom is -0.384 e. The number of ketones is 2. The van der Waals surface area contributed by atoms with Gasteiger partial charge < -0.3 is 4.84 Å². The second-order valence-corrected chi connectivity index (χ2v) is 6.61. The molecule has 0 amide bonds. The first-order valence-corrected chi connectivity index (χ1v) is 9.05. The third-order valence-electron chi connectivity index (χ3n) is 4.65. The summed E-state index contributed by atoms with van der Waals surface area (Å²) >= 11 is 0. The van der Waals surface area contributed by atoms with E-state index in [1.807, 2.05) is 42.5 Å². The number of Topliss-reactive ketones (excluding diaryl/α,β-unsaturated/α-hetero) is 1. The fraction of sp³-hybridized carbons (Fsp3) is 0.130. The number of carbonyl (C=O) groups excluding carboxylic acids is 2. The van der Waals surface area contributed by atoms with Crippen molar-refractivity contribution in [1.82, 2.24) is 4.98 Å². The molecule has 0 spiro atoms. The molecule has 1 atom stereocenters. The predicted molar refractivity (Wildman–Crippen MR) is 113 cm³/mol. The van der Waals surface area contributed by atoms with Crippen molar-refractivity contribution in [1.29, 1.82) is 0 Å². The number of nitrogens with zero attached hydrogens (tertiary/aromatic N) is 2. The van der Waals surface area contributed by atoms with Crippen molar-refractivity contribution in [3.8, 4) is 0 Å². The molecule has 0 saturated heterocycles. The lowest BCUT2D eigenvalue weighted by Gasteiger charge is -2.08. The first kappa shape index (κ1) is 20.4. The highest BCUT2D eigenvalue weighted by Crippen LogP contribution is 2.19. The fourth-order valence-corrected chi connectivity index (χ4v) is 3.10. The number of oxime groups is 1. The van der Waals surface area contributed by atoms with Gasteiger partial charge in [-0.05, 0) is 17.7 Å². The second-order valence-electron chi connectivity index (χ2n) is 6.61. The molecule has 3 aromatic rings. The van der Waals surface area contributed by atoms with Gasteiger partial charge in [0.2, 0.25) is 0 Å². The average Bonchev–Trinajstić information content (AvgIpc) is 3.26. The predicted octanol–water partition coefficient (Wildman–Crippen LogP) is 4.04. The van der Waals surface area contributed by atoms with E-state index in [2.05, 4.69) is 10.1 Å². The molecule has 2 heterocycles. The summed E-state index contributed by atoms with van der Waals surface area (Å²) in [5.41, 5.74) is 3.68. The van der Waals surface area contributed by atoms with Gasteiger partial charge in [-0.25, -0.2) is 0 Å². The van der Waals surface area contributed by atoms with E-state index in [1.165, 1.54) is 0 Å². The third-order valence-corrected chi connectivity index (χ3v) is 4.65. The Bertz CT molecular complexity index is 1020. The van der Waals surface area contributed by atoms with Crippen LogP contribution in [0.3, 0.4) is 0 Å². The van der Waals surface area contributed by atoms with Crippen LogP contribution in [0.4, 0.5) is 0 Å². The molecule has 0 bridgehead atoms. The van der Waals surface area contributed by atoms with Gasteiger partial charge in [0.15, 0.2) is 17.7 Å². The summed E-state index contributed by atoms with van der Waals surface area (Å²) < 4.78 is 0. The second kappa shape index (κ2) is 9.26. The van der Waals surface area contributed by atoms with Crippen LogP contribution in [-0.4, -0.2) is 28.4 Å². The SMILES string of the molecule is Cl.O=C(c1ccccc1)c1ccc(CC(=O)C2CC(c3cccnc3)=NO2)cc1. The van der Waals surface area contributed by atoms with Gasteiger partial charge in [0.25, 0.3) is 0 Å². The van der Waals surface area contributed by atoms with E-state index in [1.54, 1.807) is 36.7 Å². The number of carbonyl (C=O) groups is 2. The molecule has 2 aromatic carbocycles. The molecule has 0 aliphatic carbocycles. The maximum atomic E-state index is 12.6. The Kier molecular flexibility index (Phi) is 6.52. The number of benzene rings is 2. The number of rotatable bonds is 6. The summed E-state index contributed by atoms with van der Waals surface area (Å²) in [6.45, 7) is 0. The molecule has 4 rings (SSSR count). The summed E-state index contributed by atoms with van der Waals surface area (Å²) in [6, 6.07) is 20.0. The molecule has 6 heteroatoms. The van der Waals surface area contributed by atoms with Crippen molar-refractivity contribution in [2.24, 2.45) is 5.16 Å². The van der Waals surface area contributed by atoms with Crippen LogP contribution in [0.2, 0.25) is 0 Å². The molecule has 0 fully saturated rings. The van der Waals surface area contributed by atoms with Crippen molar-refractivity contribution in [3.05, 3.63) is 101 Å². The monoisotopic (exact) mass is 406 g/mol. The summed E-state index contributed by atoms with van der Waals surface area (Å²) in [4.78, 5) is 34.4. The lowest BCUT2D eigenvalue weighted by atomic mass is 9.98. The van der Waals surface area contributed by atoms with Gasteiger partial charge in [0.05, 0.1) is 5.71 Å². The van der Waals surface area contributed by atoms with Crippen LogP contribution in [0.15, 0.2) is 84.3 Å². The van der Waals surface area contributed by atoms with Gasteiger partial charge in [0.1, 0.15) is 0 Å². The Labute approximate surface area is 174 Å². The zero-order valence-electron chi connectivity index (χ0n) is 15.5. The molecule has 0 saturated carbocycles. The Morgan fingerprint density at radius 2 is 1.66 bits per heavy atom. The number of aromatic nitrogens is 1. The van der Waals surface area contributed by atoms with Gasteiger partial charge in [-0.3, -0.25) is 14.6 Å². The third kappa shape index (κ3) is 4.76. The van der Waals surface area contributed by atoms with E-state index in [0.29, 0.717) is 17.5 Å². The smallest absolute Gasteiger partial charge is 0.193 e. The zero-order chi connectivity index (χ0) is 19.3. The van der Waals surface area contributed by atoms with Crippen LogP contribution >= 0.6 is 12.4 Å². The minimum atomic E-state index is -0.583. The molecule has 1 unspecified atom stereocenters. The molecule has 1 aliphatic heterocycles. The van der Waals surface area contributed by atoms with Gasteiger partial charge in [0, 0.05) is 41.9 Å². The van der Waals surface area contributed by atoms with Crippen LogP contribution in [-0.2, 0) is 16.1 Å². The largest absolute Gasteiger partial charge is 0.384 e. The lowest BCUT2D eigenvalue weighted by Crippen LogP contribution is -2.23. The normalized spacial score (nSPS) is 15.0. The standard InChI is InChI=1S/C23H18N2O3.ClH/c26-21(22-14-20(25-28-22)19-7-4-12-24-15-19)13-16-8-10-18(11-9-16)23(27)17-5-2-1-3-6-17;/h1-12,15,22H,13-14H2;1H. The summed E-state index contributed by atoms with van der Waals surface area (Å²) in [6.07, 6.45) is 3.49. The highest BCUT2D eigenvalue weighted by Gasteiger charge is 2.28. The molecule has 146 valence electrons. The average molecular weight is 407 g/mol. The topological polar surface area (TPSA) is 68.6 Å². The molecule has 5 nitrogen and oxygen atoms in total. The molecular formula is C23H19ClN2O3. The van der Waals surface area contributed by atoms with E-state index in [-0.39, 0.29) is 30.4 Å². The number of pyridine rings is 1. The van der Waals surface area contributed by atoms with Crippen molar-refractivity contribution in [2.45, 2.75) is 18.9 Å². The van der Waals surface area contributed by atoms with Crippen LogP contribution in [0, 0.1) is 0 Å². The van der Waals surface area contributed by atoms with Crippen molar-refractivity contribution >= 4 is 29.7 Å². The van der Waals surface area contributed by atoms with E-state index >= 15 is 0 Å². The first-order chi connectivity index (χ1) is 13.7. The Balaban J connectivity index is 0.00000240. The number of halogens is 1. The Morgan fingerprint density at radius 3 is 2.34 bits per heavy atom. The Hall–Kier alpha value is -3.31. The van der Waals surface area contributed by atoms with E-state index in [4.69, 9.17) is 4.84 Å². The van der Waals surface area contributed by atoms with Crippen molar-refractivity contribution in [3.63, 3.8) is 0 Å². The number of hydrogen-bond donors (Lipinski definition) is 0. The van der Waals surface area contributed by atoms with Crippen LogP contribution in [0.1, 0.15) is 33.5 Å². The van der Waals surface area contributed by atoms with Gasteiger partial charge in [-0.2, -0.15) is 0 Å². The summed E-state index contributed by atoms with van der Waals surface area (Å²) in [5.74, 6) is -0.0723. The zero-order valence-corrected chi connectivity index (χ0v) is 16.3. The maximum absolute atomic E-state index is 12.6. The molecule has 1 aromatic heterocycles. The molecular weight excluding hydrogens is 388 g/mol. The lowest BCUT2D eigenvalue weighted by molar-refractivity contribution is -0.128. The van der Waals surface area contributed by atoms with Crippen LogP contribution in [0.5, 0.6) is 0 Å². The Morgan fingerprint density at radius 1 is 0.931 bits per heavy atom. The molecule has 29 heavy (non-hydrogen) atoms. The highest BCUT2D eigenvalue weighted by atomic mass is 35.5. The summed E-state index contributed by atoms with van der Waals surface area (Å²) in [5, 5.41) is 4.03. The molecule has 0 N–H and O–H groups in total. The highest BCUT2D eigenvalue weighted by molar-refractivity contribution is 6.09. The van der Waals surface area contributed by atoms with Gasteiger partial charge in [-0.15, -0.1) is 12.4 Å². The first-order valence-electron chi connectivity index (χ1n) is 9.05. The summed E-state index contributed by atoms with van der Waals surface area (Å²) in [7, 11) is 0. The van der Waals surface area contributed by atoms with Crippen molar-refractivity contribution < 1.29 is 14.4 Å². The minimum absolute atomic E-state index is 0. The molecule has 0 radical (unpaired) electrons. The fourth-order valence-electron chi connectivity index (χ4n) is 3.10. The van der Waals surface area contributed by atoms with E-state index in [0.717, 1.165) is 16.8 Å². The molecule has 1 aliphatic rings. The van der Waals surface area contributed by atoms with E-state index < -0.39 is 6.10 Å². The quantitative estimate of drug-likeness (QED) is 0.579. The van der Waals surface area contributed by atoms with Crippen LogP contribution in [0.25, 0.3) is 0 Å². The van der Waals surface area contributed by atoms with Gasteiger partial charge in [-0.1, -0.05) is 59.8 Å². The van der Waals surface area contributed by atoms with Crippen molar-refractivity contribution in [2.75, 3.05) is 0 Å².